The Bertz CT molecular complexity index is 498. The molecule has 0 aliphatic heterocycles. The second kappa shape index (κ2) is 16.7. The van der Waals surface area contributed by atoms with Crippen LogP contribution in [0.25, 0.3) is 0 Å². The predicted molar refractivity (Wildman–Crippen MR) is 135 cm³/mol. The fraction of sp³-hybridized carbons (Fsp3) is 0.778. The van der Waals surface area contributed by atoms with Gasteiger partial charge in [-0.15, -0.1) is 0 Å². The van der Waals surface area contributed by atoms with E-state index in [-0.39, 0.29) is 6.10 Å². The van der Waals surface area contributed by atoms with Gasteiger partial charge in [0.1, 0.15) is 5.75 Å². The molecule has 0 aromatic heterocycles. The summed E-state index contributed by atoms with van der Waals surface area (Å²) < 4.78 is 13.2. The SMILES string of the molecule is CCCCCC[Si](CCCCCC)(CCCCCC)Oc1ccccc1OC(C)C. The first-order valence-corrected chi connectivity index (χ1v) is 15.5. The lowest BCUT2D eigenvalue weighted by molar-refractivity contribution is 0.235. The van der Waals surface area contributed by atoms with Crippen molar-refractivity contribution in [3.8, 4) is 11.5 Å². The van der Waals surface area contributed by atoms with Crippen molar-refractivity contribution in [3.63, 3.8) is 0 Å². The maximum absolute atomic E-state index is 7.09. The smallest absolute Gasteiger partial charge is 0.251 e. The number of unbranched alkanes of at least 4 members (excludes halogenated alkanes) is 9. The number of ether oxygens (including phenoxy) is 1. The van der Waals surface area contributed by atoms with Crippen LogP contribution in [0.1, 0.15) is 112 Å². The Kier molecular flexibility index (Phi) is 15.1. The molecule has 0 heterocycles. The lowest BCUT2D eigenvalue weighted by atomic mass is 10.2. The Morgan fingerprint density at radius 2 is 1.07 bits per heavy atom. The van der Waals surface area contributed by atoms with Crippen LogP contribution < -0.4 is 9.16 Å². The normalized spacial score (nSPS) is 11.8. The van der Waals surface area contributed by atoms with E-state index in [1.165, 1.54) is 95.2 Å². The van der Waals surface area contributed by atoms with Crippen molar-refractivity contribution in [2.24, 2.45) is 0 Å². The highest BCUT2D eigenvalue weighted by Crippen LogP contribution is 2.36. The molecule has 0 aliphatic carbocycles. The topological polar surface area (TPSA) is 18.5 Å². The maximum Gasteiger partial charge on any atom is 0.251 e. The van der Waals surface area contributed by atoms with Crippen LogP contribution in [0.4, 0.5) is 0 Å². The third-order valence-electron chi connectivity index (χ3n) is 6.00. The summed E-state index contributed by atoms with van der Waals surface area (Å²) in [5.74, 6) is 1.93. The molecule has 0 radical (unpaired) electrons. The van der Waals surface area contributed by atoms with Crippen LogP contribution in [0.15, 0.2) is 24.3 Å². The van der Waals surface area contributed by atoms with Gasteiger partial charge in [0.2, 0.25) is 0 Å². The monoisotopic (exact) mass is 434 g/mol. The van der Waals surface area contributed by atoms with Gasteiger partial charge in [0.15, 0.2) is 5.75 Å². The van der Waals surface area contributed by atoms with Crippen molar-refractivity contribution >= 4 is 8.32 Å². The zero-order valence-electron chi connectivity index (χ0n) is 20.8. The summed E-state index contributed by atoms with van der Waals surface area (Å²) in [5.41, 5.74) is 0. The summed E-state index contributed by atoms with van der Waals surface area (Å²) >= 11 is 0. The molecule has 0 saturated heterocycles. The minimum Gasteiger partial charge on any atom is -0.541 e. The minimum absolute atomic E-state index is 0.171. The fourth-order valence-corrected chi connectivity index (χ4v) is 8.64. The first-order chi connectivity index (χ1) is 14.6. The molecular weight excluding hydrogens is 384 g/mol. The quantitative estimate of drug-likeness (QED) is 0.159. The number of benzene rings is 1. The van der Waals surface area contributed by atoms with E-state index in [0.717, 1.165) is 11.5 Å². The Balaban J connectivity index is 3.02. The molecule has 30 heavy (non-hydrogen) atoms. The van der Waals surface area contributed by atoms with E-state index in [9.17, 15) is 0 Å². The Labute approximate surface area is 189 Å². The van der Waals surface area contributed by atoms with Gasteiger partial charge in [0, 0.05) is 0 Å². The number of hydrogen-bond donors (Lipinski definition) is 0. The molecule has 2 nitrogen and oxygen atoms in total. The van der Waals surface area contributed by atoms with Crippen molar-refractivity contribution in [1.29, 1.82) is 0 Å². The van der Waals surface area contributed by atoms with E-state index in [1.807, 2.05) is 0 Å². The average molecular weight is 435 g/mol. The standard InChI is InChI=1S/C27H50O2Si/c1-6-9-12-17-22-30(23-18-13-10-7-2,24-19-14-11-8-3)29-27-21-16-15-20-26(27)28-25(4)5/h15-16,20-21,25H,6-14,17-19,22-24H2,1-5H3. The van der Waals surface area contributed by atoms with E-state index in [1.54, 1.807) is 0 Å². The number of rotatable bonds is 19. The predicted octanol–water partition coefficient (Wildman–Crippen LogP) is 9.54. The summed E-state index contributed by atoms with van der Waals surface area (Å²) in [6.07, 6.45) is 16.2. The van der Waals surface area contributed by atoms with Crippen LogP contribution in [-0.2, 0) is 0 Å². The van der Waals surface area contributed by atoms with E-state index < -0.39 is 8.32 Å². The molecule has 1 rings (SSSR count). The van der Waals surface area contributed by atoms with E-state index in [4.69, 9.17) is 9.16 Å². The highest BCUT2D eigenvalue weighted by Gasteiger charge is 2.36. The molecule has 0 atom stereocenters. The maximum atomic E-state index is 7.09. The molecule has 0 amide bonds. The van der Waals surface area contributed by atoms with Crippen LogP contribution in [0.5, 0.6) is 11.5 Å². The van der Waals surface area contributed by atoms with E-state index >= 15 is 0 Å². The van der Waals surface area contributed by atoms with Crippen LogP contribution >= 0.6 is 0 Å². The molecule has 0 N–H and O–H groups in total. The average Bonchev–Trinajstić information content (AvgIpc) is 2.73. The lowest BCUT2D eigenvalue weighted by Crippen LogP contribution is -2.41. The van der Waals surface area contributed by atoms with Crippen molar-refractivity contribution in [1.82, 2.24) is 0 Å². The third-order valence-corrected chi connectivity index (χ3v) is 10.4. The number of hydrogen-bond acceptors (Lipinski definition) is 2. The van der Waals surface area contributed by atoms with Gasteiger partial charge in [-0.05, 0) is 44.1 Å². The Morgan fingerprint density at radius 1 is 0.633 bits per heavy atom. The minimum atomic E-state index is -1.85. The summed E-state index contributed by atoms with van der Waals surface area (Å²) in [6, 6.07) is 12.3. The molecule has 1 aromatic carbocycles. The zero-order chi connectivity index (χ0) is 22.1. The van der Waals surface area contributed by atoms with Crippen molar-refractivity contribution in [3.05, 3.63) is 24.3 Å². The Hall–Kier alpha value is -0.963. The zero-order valence-corrected chi connectivity index (χ0v) is 21.8. The molecule has 0 unspecified atom stereocenters. The molecule has 0 bridgehead atoms. The Morgan fingerprint density at radius 3 is 1.47 bits per heavy atom. The second-order valence-corrected chi connectivity index (χ2v) is 13.4. The highest BCUT2D eigenvalue weighted by atomic mass is 28.4. The molecule has 174 valence electrons. The van der Waals surface area contributed by atoms with Gasteiger partial charge in [0.25, 0.3) is 8.32 Å². The van der Waals surface area contributed by atoms with Gasteiger partial charge >= 0.3 is 0 Å². The summed E-state index contributed by atoms with van der Waals surface area (Å²) in [5, 5.41) is 0. The van der Waals surface area contributed by atoms with Gasteiger partial charge in [-0.25, -0.2) is 0 Å². The first kappa shape index (κ1) is 27.1. The van der Waals surface area contributed by atoms with Gasteiger partial charge in [-0.3, -0.25) is 0 Å². The lowest BCUT2D eigenvalue weighted by Gasteiger charge is -2.34. The summed E-state index contributed by atoms with van der Waals surface area (Å²) in [6.45, 7) is 11.1. The second-order valence-electron chi connectivity index (χ2n) is 9.33. The fourth-order valence-electron chi connectivity index (χ4n) is 4.27. The third kappa shape index (κ3) is 11.4. The molecule has 0 fully saturated rings. The van der Waals surface area contributed by atoms with Crippen LogP contribution in [0, 0.1) is 0 Å². The summed E-state index contributed by atoms with van der Waals surface area (Å²) in [4.78, 5) is 0. The van der Waals surface area contributed by atoms with Gasteiger partial charge in [0.05, 0.1) is 6.10 Å². The van der Waals surface area contributed by atoms with Gasteiger partial charge in [-0.1, -0.05) is 110 Å². The molecule has 1 aromatic rings. The van der Waals surface area contributed by atoms with Crippen molar-refractivity contribution in [2.75, 3.05) is 0 Å². The number of para-hydroxylation sites is 2. The first-order valence-electron chi connectivity index (χ1n) is 13.0. The van der Waals surface area contributed by atoms with Crippen LogP contribution in [-0.4, -0.2) is 14.4 Å². The van der Waals surface area contributed by atoms with Crippen LogP contribution in [0.2, 0.25) is 18.1 Å². The molecular formula is C27H50O2Si. The largest absolute Gasteiger partial charge is 0.541 e. The van der Waals surface area contributed by atoms with E-state index in [2.05, 4.69) is 58.9 Å². The van der Waals surface area contributed by atoms with E-state index in [0.29, 0.717) is 0 Å². The summed E-state index contributed by atoms with van der Waals surface area (Å²) in [7, 11) is -1.85. The van der Waals surface area contributed by atoms with Crippen molar-refractivity contribution in [2.45, 2.75) is 136 Å². The van der Waals surface area contributed by atoms with Crippen molar-refractivity contribution < 1.29 is 9.16 Å². The molecule has 3 heteroatoms. The van der Waals surface area contributed by atoms with Gasteiger partial charge < -0.3 is 9.16 Å². The molecule has 0 spiro atoms. The van der Waals surface area contributed by atoms with Crippen LogP contribution in [0.3, 0.4) is 0 Å². The molecule has 0 saturated carbocycles. The van der Waals surface area contributed by atoms with Gasteiger partial charge in [-0.2, -0.15) is 0 Å². The highest BCUT2D eigenvalue weighted by molar-refractivity contribution is 6.74. The molecule has 0 aliphatic rings.